The molecule has 0 aliphatic heterocycles. The lowest BCUT2D eigenvalue weighted by Gasteiger charge is -2.03. The molecule has 1 N–H and O–H groups in total. The lowest BCUT2D eigenvalue weighted by atomic mass is 10.2. The molecule has 1 aromatic heterocycles. The molecule has 0 unspecified atom stereocenters. The van der Waals surface area contributed by atoms with Crippen molar-refractivity contribution in [2.45, 2.75) is 0 Å². The monoisotopic (exact) mass is 269 g/mol. The second kappa shape index (κ2) is 3.71. The summed E-state index contributed by atoms with van der Waals surface area (Å²) in [7, 11) is 1.65. The number of hydrogen-bond donors (Lipinski definition) is 1. The number of aromatic amines is 1. The van der Waals surface area contributed by atoms with Gasteiger partial charge in [0.15, 0.2) is 0 Å². The molecular formula is C10H8BrNOS. The van der Waals surface area contributed by atoms with Gasteiger partial charge >= 0.3 is 0 Å². The highest BCUT2D eigenvalue weighted by molar-refractivity contribution is 9.10. The Balaban J connectivity index is 2.77. The fourth-order valence-corrected chi connectivity index (χ4v) is 1.80. The smallest absolute Gasteiger partial charge is 0.119 e. The van der Waals surface area contributed by atoms with Crippen molar-refractivity contribution < 1.29 is 4.74 Å². The van der Waals surface area contributed by atoms with E-state index in [0.29, 0.717) is 4.64 Å². The van der Waals surface area contributed by atoms with Crippen molar-refractivity contribution in [2.75, 3.05) is 7.11 Å². The lowest BCUT2D eigenvalue weighted by molar-refractivity contribution is 0.415. The van der Waals surface area contributed by atoms with Crippen LogP contribution >= 0.6 is 28.1 Å². The Labute approximate surface area is 95.0 Å². The van der Waals surface area contributed by atoms with Crippen LogP contribution < -0.4 is 4.74 Å². The van der Waals surface area contributed by atoms with E-state index in [0.717, 1.165) is 21.1 Å². The van der Waals surface area contributed by atoms with Crippen LogP contribution in [-0.4, -0.2) is 12.1 Å². The van der Waals surface area contributed by atoms with Gasteiger partial charge in [-0.15, -0.1) is 0 Å². The summed E-state index contributed by atoms with van der Waals surface area (Å²) in [6.45, 7) is 0. The Morgan fingerprint density at radius 1 is 1.36 bits per heavy atom. The number of fused-ring (bicyclic) bond motifs is 1. The number of ether oxygens (including phenoxy) is 1. The third kappa shape index (κ3) is 1.67. The van der Waals surface area contributed by atoms with Crippen LogP contribution in [0.15, 0.2) is 28.7 Å². The number of H-pyrrole nitrogens is 1. The topological polar surface area (TPSA) is 25.0 Å². The first-order valence-electron chi connectivity index (χ1n) is 4.07. The average Bonchev–Trinajstić information content (AvgIpc) is 2.19. The molecule has 72 valence electrons. The van der Waals surface area contributed by atoms with Gasteiger partial charge in [-0.3, -0.25) is 0 Å². The van der Waals surface area contributed by atoms with Gasteiger partial charge in [-0.2, -0.15) is 0 Å². The molecule has 0 aliphatic rings. The number of methoxy groups -OCH3 is 1. The maximum atomic E-state index is 5.14. The Hall–Kier alpha value is -0.870. The van der Waals surface area contributed by atoms with Crippen LogP contribution in [-0.2, 0) is 0 Å². The molecule has 0 fully saturated rings. The van der Waals surface area contributed by atoms with E-state index in [4.69, 9.17) is 17.0 Å². The summed E-state index contributed by atoms with van der Waals surface area (Å²) >= 11 is 8.49. The Morgan fingerprint density at radius 3 is 2.86 bits per heavy atom. The molecule has 0 atom stereocenters. The van der Waals surface area contributed by atoms with Crippen molar-refractivity contribution >= 4 is 39.1 Å². The summed E-state index contributed by atoms with van der Waals surface area (Å²) in [5.74, 6) is 0.843. The van der Waals surface area contributed by atoms with Crippen molar-refractivity contribution in [3.8, 4) is 5.75 Å². The highest BCUT2D eigenvalue weighted by Gasteiger charge is 1.98. The van der Waals surface area contributed by atoms with Crippen LogP contribution in [0.4, 0.5) is 0 Å². The first-order valence-corrected chi connectivity index (χ1v) is 5.27. The van der Waals surface area contributed by atoms with Crippen molar-refractivity contribution in [3.63, 3.8) is 0 Å². The second-order valence-corrected chi connectivity index (χ2v) is 4.16. The SMILES string of the molecule is COc1ccc2[nH]c(=S)c(Br)cc2c1. The Kier molecular flexibility index (Phi) is 2.56. The summed E-state index contributed by atoms with van der Waals surface area (Å²) in [6.07, 6.45) is 0. The summed E-state index contributed by atoms with van der Waals surface area (Å²) in [4.78, 5) is 3.12. The molecule has 0 saturated heterocycles. The molecule has 0 saturated carbocycles. The molecule has 1 heterocycles. The highest BCUT2D eigenvalue weighted by atomic mass is 79.9. The summed E-state index contributed by atoms with van der Waals surface area (Å²) < 4.78 is 6.74. The average molecular weight is 270 g/mol. The van der Waals surface area contributed by atoms with Crippen LogP contribution in [0, 0.1) is 4.64 Å². The van der Waals surface area contributed by atoms with Crippen molar-refractivity contribution in [1.82, 2.24) is 4.98 Å². The zero-order valence-corrected chi connectivity index (χ0v) is 9.91. The zero-order chi connectivity index (χ0) is 10.1. The van der Waals surface area contributed by atoms with Crippen molar-refractivity contribution in [1.29, 1.82) is 0 Å². The molecule has 2 rings (SSSR count). The fraction of sp³-hybridized carbons (Fsp3) is 0.100. The van der Waals surface area contributed by atoms with Crippen LogP contribution in [0.5, 0.6) is 5.75 Å². The van der Waals surface area contributed by atoms with E-state index < -0.39 is 0 Å². The molecule has 0 radical (unpaired) electrons. The van der Waals surface area contributed by atoms with Gasteiger partial charge in [0.2, 0.25) is 0 Å². The lowest BCUT2D eigenvalue weighted by Crippen LogP contribution is -1.85. The normalized spacial score (nSPS) is 10.4. The van der Waals surface area contributed by atoms with E-state index in [1.54, 1.807) is 7.11 Å². The highest BCUT2D eigenvalue weighted by Crippen LogP contribution is 2.22. The summed E-state index contributed by atoms with van der Waals surface area (Å²) in [5.41, 5.74) is 1.01. The second-order valence-electron chi connectivity index (χ2n) is 2.90. The van der Waals surface area contributed by atoms with Crippen molar-refractivity contribution in [3.05, 3.63) is 33.4 Å². The Bertz CT molecular complexity index is 535. The van der Waals surface area contributed by atoms with Gasteiger partial charge in [-0.1, -0.05) is 12.2 Å². The van der Waals surface area contributed by atoms with E-state index in [-0.39, 0.29) is 0 Å². The zero-order valence-electron chi connectivity index (χ0n) is 7.50. The quantitative estimate of drug-likeness (QED) is 0.800. The molecule has 2 aromatic rings. The molecule has 1 aromatic carbocycles. The number of benzene rings is 1. The molecule has 0 spiro atoms. The molecule has 0 amide bonds. The van der Waals surface area contributed by atoms with Gasteiger partial charge in [0.05, 0.1) is 11.6 Å². The van der Waals surface area contributed by atoms with Gasteiger partial charge in [0, 0.05) is 10.9 Å². The molecule has 2 nitrogen and oxygen atoms in total. The van der Waals surface area contributed by atoms with Crippen LogP contribution in [0.1, 0.15) is 0 Å². The van der Waals surface area contributed by atoms with Gasteiger partial charge in [0.1, 0.15) is 10.4 Å². The third-order valence-corrected chi connectivity index (χ3v) is 3.22. The maximum Gasteiger partial charge on any atom is 0.119 e. The minimum absolute atomic E-state index is 0.711. The van der Waals surface area contributed by atoms with E-state index in [1.165, 1.54) is 0 Å². The third-order valence-electron chi connectivity index (χ3n) is 2.01. The Morgan fingerprint density at radius 2 is 2.14 bits per heavy atom. The minimum Gasteiger partial charge on any atom is -0.497 e. The van der Waals surface area contributed by atoms with Crippen LogP contribution in [0.25, 0.3) is 10.9 Å². The number of rotatable bonds is 1. The standard InChI is InChI=1S/C10H8BrNOS/c1-13-7-2-3-9-6(4-7)5-8(11)10(14)12-9/h2-5H,1H3,(H,12,14). The summed E-state index contributed by atoms with van der Waals surface area (Å²) in [5, 5.41) is 1.07. The number of pyridine rings is 1. The van der Waals surface area contributed by atoms with Crippen LogP contribution in [0.2, 0.25) is 0 Å². The minimum atomic E-state index is 0.711. The van der Waals surface area contributed by atoms with Crippen LogP contribution in [0.3, 0.4) is 0 Å². The molecule has 14 heavy (non-hydrogen) atoms. The largest absolute Gasteiger partial charge is 0.497 e. The van der Waals surface area contributed by atoms with E-state index in [2.05, 4.69) is 20.9 Å². The summed E-state index contributed by atoms with van der Waals surface area (Å²) in [6, 6.07) is 7.81. The van der Waals surface area contributed by atoms with E-state index in [9.17, 15) is 0 Å². The fourth-order valence-electron chi connectivity index (χ4n) is 1.29. The first kappa shape index (κ1) is 9.68. The van der Waals surface area contributed by atoms with Gasteiger partial charge < -0.3 is 9.72 Å². The van der Waals surface area contributed by atoms with Gasteiger partial charge in [0.25, 0.3) is 0 Å². The number of hydrogen-bond acceptors (Lipinski definition) is 2. The van der Waals surface area contributed by atoms with E-state index >= 15 is 0 Å². The molecule has 4 heteroatoms. The maximum absolute atomic E-state index is 5.14. The molecular weight excluding hydrogens is 262 g/mol. The predicted molar refractivity (Wildman–Crippen MR) is 63.4 cm³/mol. The predicted octanol–water partition coefficient (Wildman–Crippen LogP) is 3.67. The molecule has 0 aliphatic carbocycles. The first-order chi connectivity index (χ1) is 6.70. The number of halogens is 1. The van der Waals surface area contributed by atoms with Gasteiger partial charge in [-0.25, -0.2) is 0 Å². The molecule has 0 bridgehead atoms. The van der Waals surface area contributed by atoms with E-state index in [1.807, 2.05) is 24.3 Å². The van der Waals surface area contributed by atoms with Crippen molar-refractivity contribution in [2.24, 2.45) is 0 Å². The number of nitrogens with one attached hydrogen (secondary N) is 1. The van der Waals surface area contributed by atoms with Gasteiger partial charge in [-0.05, 0) is 40.2 Å². The number of aromatic nitrogens is 1.